The zero-order valence-electron chi connectivity index (χ0n) is 8.31. The van der Waals surface area contributed by atoms with Gasteiger partial charge in [-0.2, -0.15) is 13.2 Å². The summed E-state index contributed by atoms with van der Waals surface area (Å²) in [5.74, 6) is 0. The molecule has 0 saturated carbocycles. The Morgan fingerprint density at radius 2 is 2.06 bits per heavy atom. The standard InChI is InChI=1S/C9H8ClF3N2O2/c10-7-2-1-5(4-14-8(16)15-17)3-6(7)9(11,12)13/h1-3,17H,4H2,(H2,14,15,16). The van der Waals surface area contributed by atoms with E-state index in [-0.39, 0.29) is 12.1 Å². The van der Waals surface area contributed by atoms with Crippen LogP contribution in [0.3, 0.4) is 0 Å². The van der Waals surface area contributed by atoms with Gasteiger partial charge < -0.3 is 5.32 Å². The van der Waals surface area contributed by atoms with Crippen LogP contribution in [0.2, 0.25) is 5.02 Å². The number of urea groups is 1. The minimum Gasteiger partial charge on any atom is -0.332 e. The first-order valence-electron chi connectivity index (χ1n) is 4.38. The lowest BCUT2D eigenvalue weighted by atomic mass is 10.1. The normalized spacial score (nSPS) is 11.1. The van der Waals surface area contributed by atoms with E-state index < -0.39 is 22.8 Å². The van der Waals surface area contributed by atoms with Gasteiger partial charge in [-0.25, -0.2) is 10.3 Å². The van der Waals surface area contributed by atoms with E-state index in [1.165, 1.54) is 11.5 Å². The number of rotatable bonds is 2. The number of hydrogen-bond donors (Lipinski definition) is 3. The van der Waals surface area contributed by atoms with Crippen LogP contribution in [-0.2, 0) is 12.7 Å². The highest BCUT2D eigenvalue weighted by Crippen LogP contribution is 2.35. The number of carbonyl (C=O) groups is 1. The molecule has 4 nitrogen and oxygen atoms in total. The van der Waals surface area contributed by atoms with E-state index in [4.69, 9.17) is 16.8 Å². The molecule has 8 heteroatoms. The SMILES string of the molecule is O=C(NO)NCc1ccc(Cl)c(C(F)(F)F)c1. The molecule has 0 fully saturated rings. The van der Waals surface area contributed by atoms with Crippen molar-refractivity contribution in [3.8, 4) is 0 Å². The van der Waals surface area contributed by atoms with Crippen molar-refractivity contribution < 1.29 is 23.2 Å². The van der Waals surface area contributed by atoms with Gasteiger partial charge in [0.05, 0.1) is 10.6 Å². The van der Waals surface area contributed by atoms with Crippen LogP contribution in [0.15, 0.2) is 18.2 Å². The van der Waals surface area contributed by atoms with E-state index >= 15 is 0 Å². The monoisotopic (exact) mass is 268 g/mol. The van der Waals surface area contributed by atoms with Gasteiger partial charge in [0.25, 0.3) is 0 Å². The zero-order chi connectivity index (χ0) is 13.1. The van der Waals surface area contributed by atoms with Gasteiger partial charge in [0, 0.05) is 6.54 Å². The largest absolute Gasteiger partial charge is 0.417 e. The van der Waals surface area contributed by atoms with Gasteiger partial charge in [-0.3, -0.25) is 5.21 Å². The van der Waals surface area contributed by atoms with Crippen molar-refractivity contribution in [1.82, 2.24) is 10.8 Å². The van der Waals surface area contributed by atoms with Crippen molar-refractivity contribution in [2.75, 3.05) is 0 Å². The molecule has 0 spiro atoms. The minimum atomic E-state index is -4.55. The first-order chi connectivity index (χ1) is 7.84. The molecule has 0 unspecified atom stereocenters. The molecular formula is C9H8ClF3N2O2. The summed E-state index contributed by atoms with van der Waals surface area (Å²) in [5, 5.41) is 9.90. The van der Waals surface area contributed by atoms with E-state index in [1.807, 2.05) is 0 Å². The Morgan fingerprint density at radius 1 is 1.41 bits per heavy atom. The average molecular weight is 269 g/mol. The third-order valence-electron chi connectivity index (χ3n) is 1.89. The molecule has 2 amide bonds. The summed E-state index contributed by atoms with van der Waals surface area (Å²) < 4.78 is 37.4. The van der Waals surface area contributed by atoms with Crippen LogP contribution in [0.5, 0.6) is 0 Å². The zero-order valence-corrected chi connectivity index (χ0v) is 9.06. The summed E-state index contributed by atoms with van der Waals surface area (Å²) in [5.41, 5.74) is 0.537. The predicted molar refractivity (Wildman–Crippen MR) is 53.6 cm³/mol. The molecule has 0 aliphatic rings. The molecule has 0 radical (unpaired) electrons. The maximum atomic E-state index is 12.5. The van der Waals surface area contributed by atoms with Crippen molar-refractivity contribution in [2.45, 2.75) is 12.7 Å². The van der Waals surface area contributed by atoms with Gasteiger partial charge >= 0.3 is 12.2 Å². The highest BCUT2D eigenvalue weighted by molar-refractivity contribution is 6.31. The molecule has 0 aliphatic carbocycles. The second-order valence-corrected chi connectivity index (χ2v) is 3.51. The molecule has 17 heavy (non-hydrogen) atoms. The van der Waals surface area contributed by atoms with Crippen LogP contribution in [-0.4, -0.2) is 11.2 Å². The molecule has 1 aromatic carbocycles. The lowest BCUT2D eigenvalue weighted by Gasteiger charge is -2.11. The van der Waals surface area contributed by atoms with Crippen molar-refractivity contribution in [3.63, 3.8) is 0 Å². The van der Waals surface area contributed by atoms with Crippen LogP contribution in [0.1, 0.15) is 11.1 Å². The first-order valence-corrected chi connectivity index (χ1v) is 4.76. The number of halogens is 4. The molecule has 1 aromatic rings. The Bertz CT molecular complexity index is 423. The van der Waals surface area contributed by atoms with Crippen LogP contribution in [0, 0.1) is 0 Å². The average Bonchev–Trinajstić information content (AvgIpc) is 2.26. The number of hydrogen-bond acceptors (Lipinski definition) is 2. The molecule has 94 valence electrons. The number of carbonyl (C=O) groups excluding carboxylic acids is 1. The topological polar surface area (TPSA) is 61.4 Å². The smallest absolute Gasteiger partial charge is 0.332 e. The van der Waals surface area contributed by atoms with Gasteiger partial charge in [-0.1, -0.05) is 17.7 Å². The summed E-state index contributed by atoms with van der Waals surface area (Å²) in [7, 11) is 0. The third-order valence-corrected chi connectivity index (χ3v) is 2.22. The van der Waals surface area contributed by atoms with Crippen LogP contribution in [0.4, 0.5) is 18.0 Å². The Kier molecular flexibility index (Phi) is 4.19. The first kappa shape index (κ1) is 13.6. The van der Waals surface area contributed by atoms with Gasteiger partial charge in [0.1, 0.15) is 0 Å². The van der Waals surface area contributed by atoms with Crippen molar-refractivity contribution in [2.24, 2.45) is 0 Å². The Labute approximate surface area is 99.3 Å². The third kappa shape index (κ3) is 3.79. The van der Waals surface area contributed by atoms with E-state index in [9.17, 15) is 18.0 Å². The quantitative estimate of drug-likeness (QED) is 0.570. The Hall–Kier alpha value is -1.47. The second kappa shape index (κ2) is 5.24. The molecule has 0 saturated heterocycles. The van der Waals surface area contributed by atoms with Crippen LogP contribution >= 0.6 is 11.6 Å². The van der Waals surface area contributed by atoms with Crippen molar-refractivity contribution in [3.05, 3.63) is 34.3 Å². The van der Waals surface area contributed by atoms with Gasteiger partial charge in [-0.05, 0) is 17.7 Å². The predicted octanol–water partition coefficient (Wildman–Crippen LogP) is 2.55. The molecule has 0 heterocycles. The summed E-state index contributed by atoms with van der Waals surface area (Å²) in [4.78, 5) is 10.6. The van der Waals surface area contributed by atoms with Crippen molar-refractivity contribution in [1.29, 1.82) is 0 Å². The van der Waals surface area contributed by atoms with Gasteiger partial charge in [0.2, 0.25) is 0 Å². The Balaban J connectivity index is 2.86. The summed E-state index contributed by atoms with van der Waals surface area (Å²) in [6, 6.07) is 2.36. The fourth-order valence-electron chi connectivity index (χ4n) is 1.12. The van der Waals surface area contributed by atoms with Gasteiger partial charge in [-0.15, -0.1) is 0 Å². The summed E-state index contributed by atoms with van der Waals surface area (Å²) in [6.45, 7) is -0.160. The van der Waals surface area contributed by atoms with Crippen molar-refractivity contribution >= 4 is 17.6 Å². The maximum Gasteiger partial charge on any atom is 0.417 e. The molecule has 0 atom stereocenters. The fraction of sp³-hybridized carbons (Fsp3) is 0.222. The molecular weight excluding hydrogens is 261 g/mol. The number of alkyl halides is 3. The van der Waals surface area contributed by atoms with Crippen LogP contribution in [0.25, 0.3) is 0 Å². The number of hydroxylamine groups is 1. The second-order valence-electron chi connectivity index (χ2n) is 3.11. The lowest BCUT2D eigenvalue weighted by Crippen LogP contribution is -2.32. The minimum absolute atomic E-state index is 0.160. The number of amides is 2. The summed E-state index contributed by atoms with van der Waals surface area (Å²) >= 11 is 5.41. The highest BCUT2D eigenvalue weighted by Gasteiger charge is 2.33. The van der Waals surface area contributed by atoms with Gasteiger partial charge in [0.15, 0.2) is 0 Å². The lowest BCUT2D eigenvalue weighted by molar-refractivity contribution is -0.137. The van der Waals surface area contributed by atoms with E-state index in [0.717, 1.165) is 12.1 Å². The Morgan fingerprint density at radius 3 is 2.59 bits per heavy atom. The molecule has 0 aromatic heterocycles. The molecule has 1 rings (SSSR count). The molecule has 3 N–H and O–H groups in total. The number of nitrogens with one attached hydrogen (secondary N) is 2. The number of benzene rings is 1. The van der Waals surface area contributed by atoms with E-state index in [0.29, 0.717) is 0 Å². The molecule has 0 aliphatic heterocycles. The maximum absolute atomic E-state index is 12.5. The van der Waals surface area contributed by atoms with E-state index in [1.54, 1.807) is 0 Å². The van der Waals surface area contributed by atoms with E-state index in [2.05, 4.69) is 5.32 Å². The molecule has 0 bridgehead atoms. The van der Waals surface area contributed by atoms with Crippen LogP contribution < -0.4 is 10.8 Å². The summed E-state index contributed by atoms with van der Waals surface area (Å²) in [6.07, 6.45) is -4.55. The fourth-order valence-corrected chi connectivity index (χ4v) is 1.35. The highest BCUT2D eigenvalue weighted by atomic mass is 35.5.